The van der Waals surface area contributed by atoms with Crippen LogP contribution in [0.1, 0.15) is 46.5 Å². The minimum absolute atomic E-state index is 1.15. The molecule has 0 bridgehead atoms. The van der Waals surface area contributed by atoms with Crippen LogP contribution in [0.25, 0.3) is 56.5 Å². The summed E-state index contributed by atoms with van der Waals surface area (Å²) in [7, 11) is 0. The van der Waals surface area contributed by atoms with Gasteiger partial charge in [0.15, 0.2) is 0 Å². The maximum absolute atomic E-state index is 2.49. The quantitative estimate of drug-likeness (QED) is 0.221. The van der Waals surface area contributed by atoms with Gasteiger partial charge in [-0.15, -0.1) is 0 Å². The zero-order chi connectivity index (χ0) is 26.8. The van der Waals surface area contributed by atoms with Crippen LogP contribution in [-0.4, -0.2) is 9.13 Å². The van der Waals surface area contributed by atoms with Crippen molar-refractivity contribution in [3.05, 3.63) is 131 Å². The number of aryl methyl sites for hydroxylation is 2. The van der Waals surface area contributed by atoms with Gasteiger partial charge in [0.25, 0.3) is 0 Å². The number of fused-ring (bicyclic) bond motifs is 6. The highest BCUT2D eigenvalue weighted by Crippen LogP contribution is 2.38. The predicted octanol–water partition coefficient (Wildman–Crippen LogP) is 9.78. The molecule has 0 amide bonds. The minimum atomic E-state index is 1.15. The fraction of sp³-hybridized carbons (Fsp3) is 0.158. The smallest absolute Gasteiger partial charge is 0.0541 e. The van der Waals surface area contributed by atoms with Crippen LogP contribution in [0, 0.1) is 13.8 Å². The van der Waals surface area contributed by atoms with Gasteiger partial charge >= 0.3 is 0 Å². The number of nitrogens with zero attached hydrogens (tertiary/aromatic N) is 2. The summed E-state index contributed by atoms with van der Waals surface area (Å²) in [6, 6.07) is 31.4. The summed E-state index contributed by atoms with van der Waals surface area (Å²) in [6.45, 7) is 4.50. The highest BCUT2D eigenvalue weighted by atomic mass is 15.0. The SMILES string of the molecule is Cc1cc(-n2c3c(c4c2C=CCC4)CCC=C3)ccc1-c1ccc(-n2c3ccccc3c3ccccc32)cc1C. The topological polar surface area (TPSA) is 9.86 Å². The van der Waals surface area contributed by atoms with E-state index < -0.39 is 0 Å². The third-order valence-corrected chi connectivity index (χ3v) is 8.94. The molecule has 0 spiro atoms. The van der Waals surface area contributed by atoms with Gasteiger partial charge in [0.1, 0.15) is 0 Å². The molecule has 0 atom stereocenters. The molecule has 0 aliphatic heterocycles. The van der Waals surface area contributed by atoms with E-state index in [0.717, 1.165) is 25.7 Å². The fourth-order valence-corrected chi connectivity index (χ4v) is 7.12. The summed E-state index contributed by atoms with van der Waals surface area (Å²) in [5, 5.41) is 2.59. The lowest BCUT2D eigenvalue weighted by molar-refractivity contribution is 0.922. The molecule has 40 heavy (non-hydrogen) atoms. The lowest BCUT2D eigenvalue weighted by Gasteiger charge is -2.17. The second-order valence-electron chi connectivity index (χ2n) is 11.3. The molecule has 2 heteroatoms. The van der Waals surface area contributed by atoms with E-state index in [0.29, 0.717) is 0 Å². The van der Waals surface area contributed by atoms with Gasteiger partial charge in [-0.05, 0) is 121 Å². The minimum Gasteiger partial charge on any atom is -0.310 e. The number of allylic oxidation sites excluding steroid dienone is 2. The van der Waals surface area contributed by atoms with Crippen molar-refractivity contribution in [1.82, 2.24) is 9.13 Å². The third kappa shape index (κ3) is 3.42. The van der Waals surface area contributed by atoms with Crippen LogP contribution in [0.3, 0.4) is 0 Å². The van der Waals surface area contributed by atoms with Crippen LogP contribution in [0.15, 0.2) is 97.1 Å². The van der Waals surface area contributed by atoms with E-state index in [2.05, 4.69) is 132 Å². The van der Waals surface area contributed by atoms with Crippen molar-refractivity contribution in [3.8, 4) is 22.5 Å². The maximum Gasteiger partial charge on any atom is 0.0541 e. The van der Waals surface area contributed by atoms with Crippen LogP contribution < -0.4 is 0 Å². The molecule has 194 valence electrons. The van der Waals surface area contributed by atoms with Gasteiger partial charge in [0, 0.05) is 33.5 Å². The Morgan fingerprint density at radius 2 is 1.00 bits per heavy atom. The average Bonchev–Trinajstić information content (AvgIpc) is 3.51. The summed E-state index contributed by atoms with van der Waals surface area (Å²) >= 11 is 0. The van der Waals surface area contributed by atoms with Crippen molar-refractivity contribution in [1.29, 1.82) is 0 Å². The van der Waals surface area contributed by atoms with E-state index in [9.17, 15) is 0 Å². The Bertz CT molecular complexity index is 1930. The number of hydrogen-bond donors (Lipinski definition) is 0. The van der Waals surface area contributed by atoms with E-state index in [1.165, 1.54) is 66.8 Å². The Morgan fingerprint density at radius 1 is 0.525 bits per heavy atom. The van der Waals surface area contributed by atoms with Crippen LogP contribution in [0.5, 0.6) is 0 Å². The van der Waals surface area contributed by atoms with Gasteiger partial charge in [-0.25, -0.2) is 0 Å². The average molecular weight is 517 g/mol. The Labute approximate surface area is 235 Å². The monoisotopic (exact) mass is 516 g/mol. The Hall–Kier alpha value is -4.56. The molecule has 8 rings (SSSR count). The van der Waals surface area contributed by atoms with Crippen LogP contribution >= 0.6 is 0 Å². The largest absolute Gasteiger partial charge is 0.310 e. The Kier molecular flexibility index (Phi) is 5.25. The van der Waals surface area contributed by atoms with Crippen molar-refractivity contribution in [2.75, 3.05) is 0 Å². The molecule has 2 aromatic heterocycles. The number of benzene rings is 4. The first-order chi connectivity index (χ1) is 19.7. The normalized spacial score (nSPS) is 14.2. The number of rotatable bonds is 3. The van der Waals surface area contributed by atoms with E-state index >= 15 is 0 Å². The van der Waals surface area contributed by atoms with Crippen LogP contribution in [-0.2, 0) is 12.8 Å². The Morgan fingerprint density at radius 3 is 1.50 bits per heavy atom. The molecule has 0 fully saturated rings. The van der Waals surface area contributed by atoms with Gasteiger partial charge < -0.3 is 9.13 Å². The molecule has 0 saturated heterocycles. The second kappa shape index (κ2) is 8.99. The zero-order valence-corrected chi connectivity index (χ0v) is 23.1. The summed E-state index contributed by atoms with van der Waals surface area (Å²) < 4.78 is 4.89. The predicted molar refractivity (Wildman–Crippen MR) is 170 cm³/mol. The van der Waals surface area contributed by atoms with E-state index in [1.54, 1.807) is 11.1 Å². The van der Waals surface area contributed by atoms with Crippen LogP contribution in [0.2, 0.25) is 0 Å². The van der Waals surface area contributed by atoms with Crippen LogP contribution in [0.4, 0.5) is 0 Å². The first-order valence-corrected chi connectivity index (χ1v) is 14.5. The van der Waals surface area contributed by atoms with Crippen molar-refractivity contribution in [2.24, 2.45) is 0 Å². The fourth-order valence-electron chi connectivity index (χ4n) is 7.12. The Balaban J connectivity index is 1.23. The van der Waals surface area contributed by atoms with Gasteiger partial charge in [-0.1, -0.05) is 60.7 Å². The standard InChI is InChI=1S/C38H32N2/c1-25-23-27(39-35-15-7-3-11-31(35)32-12-4-8-16-36(32)39)19-21-29(25)30-22-20-28(24-26(30)2)40-37-17-9-5-13-33(37)34-14-6-10-18-38(34)40/h3-4,7-12,15-24H,5-6,13-14H2,1-2H3. The van der Waals surface area contributed by atoms with Gasteiger partial charge in [-0.2, -0.15) is 0 Å². The highest BCUT2D eigenvalue weighted by Gasteiger charge is 2.23. The van der Waals surface area contributed by atoms with Crippen molar-refractivity contribution in [2.45, 2.75) is 39.5 Å². The van der Waals surface area contributed by atoms with Gasteiger partial charge in [0.05, 0.1) is 11.0 Å². The van der Waals surface area contributed by atoms with Crippen molar-refractivity contribution < 1.29 is 0 Å². The molecular weight excluding hydrogens is 484 g/mol. The molecule has 2 aliphatic rings. The first kappa shape index (κ1) is 23.3. The lowest BCUT2D eigenvalue weighted by atomic mass is 9.94. The molecule has 4 aromatic carbocycles. The molecule has 2 heterocycles. The highest BCUT2D eigenvalue weighted by molar-refractivity contribution is 6.09. The summed E-state index contributed by atoms with van der Waals surface area (Å²) in [4.78, 5) is 0. The number of aromatic nitrogens is 2. The molecule has 2 nitrogen and oxygen atoms in total. The summed E-state index contributed by atoms with van der Waals surface area (Å²) in [6.07, 6.45) is 13.9. The van der Waals surface area contributed by atoms with E-state index in [1.807, 2.05) is 0 Å². The first-order valence-electron chi connectivity index (χ1n) is 14.5. The van der Waals surface area contributed by atoms with Crippen molar-refractivity contribution >= 4 is 34.0 Å². The molecular formula is C38H32N2. The lowest BCUT2D eigenvalue weighted by Crippen LogP contribution is -2.03. The molecule has 0 unspecified atom stereocenters. The molecule has 6 aromatic rings. The molecule has 0 saturated carbocycles. The van der Waals surface area contributed by atoms with Gasteiger partial charge in [0.2, 0.25) is 0 Å². The summed E-state index contributed by atoms with van der Waals surface area (Å²) in [5.41, 5.74) is 16.0. The second-order valence-corrected chi connectivity index (χ2v) is 11.3. The van der Waals surface area contributed by atoms with E-state index in [-0.39, 0.29) is 0 Å². The number of hydrogen-bond acceptors (Lipinski definition) is 0. The molecule has 0 radical (unpaired) electrons. The molecule has 0 N–H and O–H groups in total. The molecule has 2 aliphatic carbocycles. The van der Waals surface area contributed by atoms with Gasteiger partial charge in [-0.3, -0.25) is 0 Å². The van der Waals surface area contributed by atoms with E-state index in [4.69, 9.17) is 0 Å². The zero-order valence-electron chi connectivity index (χ0n) is 23.1. The maximum atomic E-state index is 2.49. The van der Waals surface area contributed by atoms with Crippen molar-refractivity contribution in [3.63, 3.8) is 0 Å². The third-order valence-electron chi connectivity index (χ3n) is 8.94. The number of para-hydroxylation sites is 2. The summed E-state index contributed by atoms with van der Waals surface area (Å²) in [5.74, 6) is 0.